The van der Waals surface area contributed by atoms with Gasteiger partial charge in [-0.25, -0.2) is 4.39 Å². The summed E-state index contributed by atoms with van der Waals surface area (Å²) in [5.74, 6) is -0.850. The first-order valence-corrected chi connectivity index (χ1v) is 9.03. The lowest BCUT2D eigenvalue weighted by molar-refractivity contribution is -0.127. The number of carbonyl (C=O) groups is 2. The molecule has 0 saturated carbocycles. The summed E-state index contributed by atoms with van der Waals surface area (Å²) < 4.78 is 18.6. The Kier molecular flexibility index (Phi) is 6.06. The Morgan fingerprint density at radius 1 is 1.26 bits per heavy atom. The fourth-order valence-electron chi connectivity index (χ4n) is 3.28. The first-order chi connectivity index (χ1) is 13.1. The van der Waals surface area contributed by atoms with Crippen LogP contribution in [0, 0.1) is 5.82 Å². The second kappa shape index (κ2) is 8.66. The number of benzene rings is 2. The van der Waals surface area contributed by atoms with Crippen LogP contribution in [0.5, 0.6) is 5.75 Å². The van der Waals surface area contributed by atoms with Crippen molar-refractivity contribution in [2.45, 2.75) is 25.3 Å². The summed E-state index contributed by atoms with van der Waals surface area (Å²) in [5.41, 5.74) is 1.46. The van der Waals surface area contributed by atoms with Crippen molar-refractivity contribution >= 4 is 11.8 Å². The molecule has 2 amide bonds. The smallest absolute Gasteiger partial charge is 0.251 e. The number of ether oxygens (including phenoxy) is 1. The van der Waals surface area contributed by atoms with E-state index in [0.29, 0.717) is 13.1 Å². The number of rotatable bonds is 7. The minimum atomic E-state index is -0.588. The van der Waals surface area contributed by atoms with E-state index in [1.807, 2.05) is 18.2 Å². The largest absolute Gasteiger partial charge is 0.494 e. The molecule has 0 bridgehead atoms. The number of hydrogen-bond donors (Lipinski definition) is 1. The fraction of sp³-hybridized carbons (Fsp3) is 0.333. The molecule has 1 aliphatic rings. The van der Waals surface area contributed by atoms with Gasteiger partial charge in [-0.2, -0.15) is 0 Å². The number of nitrogens with one attached hydrogen (secondary N) is 1. The highest BCUT2D eigenvalue weighted by molar-refractivity contribution is 5.95. The van der Waals surface area contributed by atoms with E-state index >= 15 is 0 Å². The molecule has 2 aromatic rings. The second-order valence-corrected chi connectivity index (χ2v) is 6.65. The van der Waals surface area contributed by atoms with Crippen molar-refractivity contribution in [1.29, 1.82) is 0 Å². The number of aryl methyl sites for hydroxylation is 1. The van der Waals surface area contributed by atoms with Gasteiger partial charge in [-0.05, 0) is 36.6 Å². The summed E-state index contributed by atoms with van der Waals surface area (Å²) in [6.07, 6.45) is 2.06. The monoisotopic (exact) mass is 370 g/mol. The number of carbonyl (C=O) groups excluding carboxylic acids is 2. The van der Waals surface area contributed by atoms with Crippen molar-refractivity contribution < 1.29 is 18.7 Å². The van der Waals surface area contributed by atoms with E-state index in [2.05, 4.69) is 17.4 Å². The van der Waals surface area contributed by atoms with Gasteiger partial charge in [0.1, 0.15) is 0 Å². The molecule has 1 fully saturated rings. The molecule has 0 aromatic heterocycles. The molecule has 1 heterocycles. The van der Waals surface area contributed by atoms with Gasteiger partial charge in [-0.1, -0.05) is 30.3 Å². The average molecular weight is 370 g/mol. The van der Waals surface area contributed by atoms with Crippen LogP contribution in [0.2, 0.25) is 0 Å². The van der Waals surface area contributed by atoms with E-state index < -0.39 is 5.82 Å². The molecular formula is C21H23FN2O3. The Labute approximate surface area is 158 Å². The predicted molar refractivity (Wildman–Crippen MR) is 100 cm³/mol. The molecule has 5 nitrogen and oxygen atoms in total. The van der Waals surface area contributed by atoms with Crippen LogP contribution < -0.4 is 10.1 Å². The minimum absolute atomic E-state index is 0.0364. The van der Waals surface area contributed by atoms with Gasteiger partial charge in [-0.15, -0.1) is 0 Å². The summed E-state index contributed by atoms with van der Waals surface area (Å²) in [6, 6.07) is 13.9. The second-order valence-electron chi connectivity index (χ2n) is 6.65. The maximum atomic E-state index is 13.8. The van der Waals surface area contributed by atoms with Gasteiger partial charge in [0.15, 0.2) is 11.6 Å². The van der Waals surface area contributed by atoms with E-state index in [4.69, 9.17) is 4.74 Å². The SMILES string of the molecule is COc1ccc(C(=O)NC2CC(=O)N(CCCc3ccccc3)C2)cc1F. The van der Waals surface area contributed by atoms with Gasteiger partial charge in [0.05, 0.1) is 13.2 Å². The van der Waals surface area contributed by atoms with Crippen molar-refractivity contribution in [3.05, 3.63) is 65.5 Å². The average Bonchev–Trinajstić information content (AvgIpc) is 3.01. The third kappa shape index (κ3) is 4.84. The Morgan fingerprint density at radius 3 is 2.74 bits per heavy atom. The van der Waals surface area contributed by atoms with Crippen molar-refractivity contribution in [2.75, 3.05) is 20.2 Å². The molecule has 6 heteroatoms. The minimum Gasteiger partial charge on any atom is -0.494 e. The number of likely N-dealkylation sites (tertiary alicyclic amines) is 1. The van der Waals surface area contributed by atoms with E-state index in [1.165, 1.54) is 24.8 Å². The molecular weight excluding hydrogens is 347 g/mol. The quantitative estimate of drug-likeness (QED) is 0.815. The van der Waals surface area contributed by atoms with E-state index in [-0.39, 0.29) is 35.6 Å². The van der Waals surface area contributed by atoms with Gasteiger partial charge >= 0.3 is 0 Å². The highest BCUT2D eigenvalue weighted by Crippen LogP contribution is 2.18. The van der Waals surface area contributed by atoms with Crippen LogP contribution in [0.4, 0.5) is 4.39 Å². The van der Waals surface area contributed by atoms with Crippen molar-refractivity contribution in [3.8, 4) is 5.75 Å². The van der Waals surface area contributed by atoms with Gasteiger partial charge in [0, 0.05) is 25.1 Å². The Balaban J connectivity index is 1.49. The van der Waals surface area contributed by atoms with Crippen LogP contribution in [-0.4, -0.2) is 43.0 Å². The summed E-state index contributed by atoms with van der Waals surface area (Å²) in [5, 5.41) is 2.82. The van der Waals surface area contributed by atoms with Crippen LogP contribution in [0.1, 0.15) is 28.8 Å². The molecule has 142 valence electrons. The number of nitrogens with zero attached hydrogens (tertiary/aromatic N) is 1. The van der Waals surface area contributed by atoms with Crippen molar-refractivity contribution in [2.24, 2.45) is 0 Å². The Hall–Kier alpha value is -2.89. The van der Waals surface area contributed by atoms with Crippen molar-refractivity contribution in [1.82, 2.24) is 10.2 Å². The summed E-state index contributed by atoms with van der Waals surface area (Å²) in [7, 11) is 1.37. The topological polar surface area (TPSA) is 58.6 Å². The highest BCUT2D eigenvalue weighted by atomic mass is 19.1. The van der Waals surface area contributed by atoms with Crippen molar-refractivity contribution in [3.63, 3.8) is 0 Å². The van der Waals surface area contributed by atoms with E-state index in [0.717, 1.165) is 18.9 Å². The summed E-state index contributed by atoms with van der Waals surface area (Å²) >= 11 is 0. The third-order valence-electron chi connectivity index (χ3n) is 4.70. The molecule has 1 atom stereocenters. The standard InChI is InChI=1S/C21H23FN2O3/c1-27-19-10-9-16(12-18(19)22)21(26)23-17-13-20(25)24(14-17)11-5-8-15-6-3-2-4-7-15/h2-4,6-7,9-10,12,17H,5,8,11,13-14H2,1H3,(H,23,26). The third-order valence-corrected chi connectivity index (χ3v) is 4.70. The Bertz CT molecular complexity index is 810. The van der Waals surface area contributed by atoms with Crippen LogP contribution in [0.25, 0.3) is 0 Å². The number of methoxy groups -OCH3 is 1. The van der Waals surface area contributed by atoms with E-state index in [1.54, 1.807) is 4.90 Å². The lowest BCUT2D eigenvalue weighted by atomic mass is 10.1. The number of hydrogen-bond acceptors (Lipinski definition) is 3. The Morgan fingerprint density at radius 2 is 2.04 bits per heavy atom. The molecule has 1 N–H and O–H groups in total. The molecule has 1 aliphatic heterocycles. The van der Waals surface area contributed by atoms with Gasteiger partial charge < -0.3 is 15.0 Å². The van der Waals surface area contributed by atoms with E-state index in [9.17, 15) is 14.0 Å². The highest BCUT2D eigenvalue weighted by Gasteiger charge is 2.30. The maximum absolute atomic E-state index is 13.8. The first-order valence-electron chi connectivity index (χ1n) is 9.03. The van der Waals surface area contributed by atoms with Crippen LogP contribution in [0.3, 0.4) is 0 Å². The molecule has 2 aromatic carbocycles. The zero-order valence-electron chi connectivity index (χ0n) is 15.3. The molecule has 0 aliphatic carbocycles. The fourth-order valence-corrected chi connectivity index (χ4v) is 3.28. The first kappa shape index (κ1) is 18.9. The van der Waals surface area contributed by atoms with Crippen LogP contribution in [-0.2, 0) is 11.2 Å². The predicted octanol–water partition coefficient (Wildman–Crippen LogP) is 2.80. The molecule has 1 saturated heterocycles. The zero-order chi connectivity index (χ0) is 19.2. The van der Waals surface area contributed by atoms with Gasteiger partial charge in [-0.3, -0.25) is 9.59 Å². The summed E-state index contributed by atoms with van der Waals surface area (Å²) in [6.45, 7) is 1.15. The molecule has 27 heavy (non-hydrogen) atoms. The number of amides is 2. The molecule has 0 spiro atoms. The molecule has 3 rings (SSSR count). The zero-order valence-corrected chi connectivity index (χ0v) is 15.3. The molecule has 0 radical (unpaired) electrons. The maximum Gasteiger partial charge on any atom is 0.251 e. The lowest BCUT2D eigenvalue weighted by Gasteiger charge is -2.17. The molecule has 1 unspecified atom stereocenters. The lowest BCUT2D eigenvalue weighted by Crippen LogP contribution is -2.37. The van der Waals surface area contributed by atoms with Crippen LogP contribution >= 0.6 is 0 Å². The number of halogens is 1. The van der Waals surface area contributed by atoms with Gasteiger partial charge in [0.2, 0.25) is 5.91 Å². The van der Waals surface area contributed by atoms with Gasteiger partial charge in [0.25, 0.3) is 5.91 Å². The van der Waals surface area contributed by atoms with Crippen LogP contribution in [0.15, 0.2) is 48.5 Å². The summed E-state index contributed by atoms with van der Waals surface area (Å²) in [4.78, 5) is 26.3. The normalized spacial score (nSPS) is 16.4.